The largest absolute Gasteiger partial charge is 0.351 e. The average Bonchev–Trinajstić information content (AvgIpc) is 2.90. The number of nitrogens with one attached hydrogen (secondary N) is 1. The van der Waals surface area contributed by atoms with E-state index in [1.54, 1.807) is 37.3 Å². The molecule has 1 aromatic carbocycles. The predicted molar refractivity (Wildman–Crippen MR) is 99.1 cm³/mol. The first-order valence-electron chi connectivity index (χ1n) is 9.63. The number of aliphatic imine (C=N–C) groups is 1. The molecule has 1 N–H and O–H groups in total. The fourth-order valence-electron chi connectivity index (χ4n) is 3.18. The highest BCUT2D eigenvalue weighted by Crippen LogP contribution is 2.43. The maximum Gasteiger partial charge on any atom is 0.256 e. The van der Waals surface area contributed by atoms with E-state index in [0.29, 0.717) is 12.0 Å². The van der Waals surface area contributed by atoms with E-state index >= 15 is 4.39 Å². The molecule has 1 unspecified atom stereocenters. The van der Waals surface area contributed by atoms with Crippen molar-refractivity contribution in [3.05, 3.63) is 60.5 Å². The van der Waals surface area contributed by atoms with Crippen LogP contribution in [-0.4, -0.2) is 34.6 Å². The Morgan fingerprint density at radius 3 is 2.81 bits per heavy atom. The molecule has 0 bridgehead atoms. The fraction of sp³-hybridized carbons (Fsp3) is 0.400. The molecule has 1 aromatic rings. The van der Waals surface area contributed by atoms with Crippen molar-refractivity contribution in [3.63, 3.8) is 0 Å². The SMILES string of the molecule is [2H]C1=C([2H])N([C@@H]2O[C@H](CC)C(C)[C@]2(C)F)C(=C)N=C1NC(=O)c1ccccc1. The van der Waals surface area contributed by atoms with E-state index in [2.05, 4.69) is 16.9 Å². The summed E-state index contributed by atoms with van der Waals surface area (Å²) >= 11 is 0. The second-order valence-electron chi connectivity index (χ2n) is 6.68. The topological polar surface area (TPSA) is 53.9 Å². The zero-order valence-electron chi connectivity index (χ0n) is 17.1. The number of amides is 1. The Bertz CT molecular complexity index is 854. The zero-order valence-corrected chi connectivity index (χ0v) is 15.1. The van der Waals surface area contributed by atoms with Crippen LogP contribution in [0, 0.1) is 5.92 Å². The molecular formula is C20H24FN3O2. The summed E-state index contributed by atoms with van der Waals surface area (Å²) in [5, 5.41) is 2.53. The Morgan fingerprint density at radius 2 is 2.19 bits per heavy atom. The van der Waals surface area contributed by atoms with Crippen molar-refractivity contribution in [1.82, 2.24) is 10.2 Å². The molecule has 3 rings (SSSR count). The van der Waals surface area contributed by atoms with Gasteiger partial charge in [0.25, 0.3) is 5.91 Å². The van der Waals surface area contributed by atoms with Crippen molar-refractivity contribution in [3.8, 4) is 0 Å². The van der Waals surface area contributed by atoms with Gasteiger partial charge in [-0.1, -0.05) is 38.6 Å². The molecule has 0 radical (unpaired) electrons. The van der Waals surface area contributed by atoms with E-state index < -0.39 is 17.8 Å². The second-order valence-corrected chi connectivity index (χ2v) is 6.68. The molecule has 6 heteroatoms. The first kappa shape index (κ1) is 15.8. The van der Waals surface area contributed by atoms with Crippen LogP contribution in [0.4, 0.5) is 4.39 Å². The minimum Gasteiger partial charge on any atom is -0.351 e. The van der Waals surface area contributed by atoms with Crippen molar-refractivity contribution in [2.45, 2.75) is 45.2 Å². The summed E-state index contributed by atoms with van der Waals surface area (Å²) in [6.07, 6.45) is -1.11. The van der Waals surface area contributed by atoms with E-state index in [9.17, 15) is 4.79 Å². The molecule has 26 heavy (non-hydrogen) atoms. The number of hydrogen-bond acceptors (Lipinski definition) is 4. The molecule has 138 valence electrons. The maximum absolute atomic E-state index is 15.4. The highest BCUT2D eigenvalue weighted by Gasteiger charge is 2.54. The Hall–Kier alpha value is -2.47. The molecule has 1 fully saturated rings. The molecular weight excluding hydrogens is 333 g/mol. The molecule has 2 aliphatic rings. The first-order valence-corrected chi connectivity index (χ1v) is 8.63. The number of ether oxygens (including phenoxy) is 1. The summed E-state index contributed by atoms with van der Waals surface area (Å²) in [5.74, 6) is -0.897. The van der Waals surface area contributed by atoms with Gasteiger partial charge in [-0.25, -0.2) is 9.38 Å². The quantitative estimate of drug-likeness (QED) is 0.897. The summed E-state index contributed by atoms with van der Waals surface area (Å²) < 4.78 is 37.8. The van der Waals surface area contributed by atoms with Gasteiger partial charge in [0.15, 0.2) is 11.9 Å². The number of amidine groups is 1. The van der Waals surface area contributed by atoms with Crippen molar-refractivity contribution in [2.24, 2.45) is 10.9 Å². The molecule has 0 aromatic heterocycles. The number of rotatable bonds is 3. The van der Waals surface area contributed by atoms with Crippen LogP contribution in [0.25, 0.3) is 0 Å². The van der Waals surface area contributed by atoms with E-state index in [1.807, 2.05) is 6.92 Å². The third-order valence-corrected chi connectivity index (χ3v) is 4.95. The Morgan fingerprint density at radius 1 is 1.50 bits per heavy atom. The van der Waals surface area contributed by atoms with Crippen LogP contribution >= 0.6 is 0 Å². The van der Waals surface area contributed by atoms with Gasteiger partial charge in [-0.05, 0) is 31.5 Å². The van der Waals surface area contributed by atoms with Crippen molar-refractivity contribution < 1.29 is 16.7 Å². The predicted octanol–water partition coefficient (Wildman–Crippen LogP) is 3.61. The highest BCUT2D eigenvalue weighted by molar-refractivity contribution is 6.10. The van der Waals surface area contributed by atoms with E-state index in [4.69, 9.17) is 7.48 Å². The lowest BCUT2D eigenvalue weighted by Crippen LogP contribution is -2.46. The number of nitrogens with zero attached hydrogens (tertiary/aromatic N) is 2. The lowest BCUT2D eigenvalue weighted by atomic mass is 9.88. The number of hydrogen-bond donors (Lipinski definition) is 1. The van der Waals surface area contributed by atoms with Gasteiger partial charge in [0.2, 0.25) is 0 Å². The Balaban J connectivity index is 1.86. The van der Waals surface area contributed by atoms with Gasteiger partial charge in [-0.2, -0.15) is 0 Å². The summed E-state index contributed by atoms with van der Waals surface area (Å²) in [6.45, 7) is 8.91. The lowest BCUT2D eigenvalue weighted by molar-refractivity contribution is -0.0678. The third kappa shape index (κ3) is 3.29. The van der Waals surface area contributed by atoms with Crippen LogP contribution in [0.2, 0.25) is 0 Å². The lowest BCUT2D eigenvalue weighted by Gasteiger charge is -2.35. The fourth-order valence-corrected chi connectivity index (χ4v) is 3.18. The summed E-state index contributed by atoms with van der Waals surface area (Å²) in [6, 6.07) is 8.15. The molecule has 5 nitrogen and oxygen atoms in total. The number of halogens is 1. The minimum atomic E-state index is -1.75. The molecule has 0 saturated carbocycles. The molecule has 1 saturated heterocycles. The minimum absolute atomic E-state index is 0.0437. The number of benzene rings is 1. The monoisotopic (exact) mass is 359 g/mol. The maximum atomic E-state index is 15.4. The molecule has 0 aliphatic carbocycles. The Kier molecular flexibility index (Phi) is 4.26. The van der Waals surface area contributed by atoms with Crippen LogP contribution in [0.3, 0.4) is 0 Å². The van der Waals surface area contributed by atoms with E-state index in [-0.39, 0.29) is 35.9 Å². The molecule has 0 spiro atoms. The molecule has 2 aliphatic heterocycles. The standard InChI is InChI=1S/C20H24FN3O2/c1-5-16-13(2)20(4,21)19(26-16)24-12-11-17(22-14(24)3)23-18(25)15-9-7-6-8-10-15/h6-13,16,19H,3,5H2,1-2,4H3,(H,22,23,25)/t13?,16-,19-,20+/m1/s1/i11D,12D. The van der Waals surface area contributed by atoms with Gasteiger partial charge in [0.1, 0.15) is 11.7 Å². The van der Waals surface area contributed by atoms with Gasteiger partial charge in [0.05, 0.1) is 8.85 Å². The highest BCUT2D eigenvalue weighted by atomic mass is 19.1. The van der Waals surface area contributed by atoms with Crippen LogP contribution in [0.1, 0.15) is 40.3 Å². The zero-order chi connectivity index (χ0) is 20.6. The van der Waals surface area contributed by atoms with Crippen LogP contribution in [-0.2, 0) is 4.74 Å². The molecule has 2 heterocycles. The van der Waals surface area contributed by atoms with Crippen LogP contribution in [0.15, 0.2) is 60.0 Å². The normalized spacial score (nSPS) is 32.9. The summed E-state index contributed by atoms with van der Waals surface area (Å²) in [7, 11) is 0. The van der Waals surface area contributed by atoms with Crippen LogP contribution < -0.4 is 5.32 Å². The second kappa shape index (κ2) is 7.03. The number of carbonyl (C=O) groups is 1. The van der Waals surface area contributed by atoms with E-state index in [0.717, 1.165) is 0 Å². The third-order valence-electron chi connectivity index (χ3n) is 4.95. The van der Waals surface area contributed by atoms with Crippen molar-refractivity contribution in [1.29, 1.82) is 0 Å². The average molecular weight is 359 g/mol. The van der Waals surface area contributed by atoms with Crippen molar-refractivity contribution >= 4 is 11.7 Å². The van der Waals surface area contributed by atoms with E-state index in [1.165, 1.54) is 11.8 Å². The summed E-state index contributed by atoms with van der Waals surface area (Å²) in [4.78, 5) is 17.7. The smallest absolute Gasteiger partial charge is 0.256 e. The molecule has 4 atom stereocenters. The van der Waals surface area contributed by atoms with Gasteiger partial charge < -0.3 is 15.0 Å². The molecule has 1 amide bonds. The summed E-state index contributed by atoms with van der Waals surface area (Å²) in [5.41, 5.74) is -1.36. The van der Waals surface area contributed by atoms with Gasteiger partial charge in [-0.3, -0.25) is 4.79 Å². The number of carbonyl (C=O) groups excluding carboxylic acids is 1. The first-order chi connectivity index (χ1) is 13.2. The Labute approximate surface area is 156 Å². The van der Waals surface area contributed by atoms with Gasteiger partial charge >= 0.3 is 0 Å². The van der Waals surface area contributed by atoms with Crippen molar-refractivity contribution in [2.75, 3.05) is 0 Å². The van der Waals surface area contributed by atoms with Gasteiger partial charge in [-0.15, -0.1) is 0 Å². The number of alkyl halides is 1. The van der Waals surface area contributed by atoms with Crippen LogP contribution in [0.5, 0.6) is 0 Å². The van der Waals surface area contributed by atoms with Gasteiger partial charge in [0, 0.05) is 17.7 Å².